The first-order chi connectivity index (χ1) is 6.63. The van der Waals surface area contributed by atoms with Crippen LogP contribution in [0.1, 0.15) is 33.6 Å². The topological polar surface area (TPSA) is 40.5 Å². The molecule has 0 amide bonds. The van der Waals surface area contributed by atoms with Gasteiger partial charge in [0.15, 0.2) is 0 Å². The van der Waals surface area contributed by atoms with Gasteiger partial charge < -0.3 is 10.0 Å². The van der Waals surface area contributed by atoms with Gasteiger partial charge in [-0.05, 0) is 12.8 Å². The summed E-state index contributed by atoms with van der Waals surface area (Å²) in [5.41, 5.74) is 0. The van der Waals surface area contributed by atoms with Gasteiger partial charge in [0.2, 0.25) is 0 Å². The van der Waals surface area contributed by atoms with E-state index in [9.17, 15) is 4.79 Å². The fourth-order valence-electron chi connectivity index (χ4n) is 1.34. The van der Waals surface area contributed by atoms with Crippen molar-refractivity contribution in [2.45, 2.75) is 33.6 Å². The lowest BCUT2D eigenvalue weighted by Crippen LogP contribution is -2.24. The second kappa shape index (κ2) is 7.42. The second-order valence-electron chi connectivity index (χ2n) is 3.42. The van der Waals surface area contributed by atoms with Crippen molar-refractivity contribution in [2.24, 2.45) is 5.92 Å². The van der Waals surface area contributed by atoms with Crippen molar-refractivity contribution in [3.63, 3.8) is 0 Å². The molecule has 0 atom stereocenters. The molecule has 3 nitrogen and oxygen atoms in total. The third-order valence-corrected chi connectivity index (χ3v) is 2.48. The third kappa shape index (κ3) is 5.62. The molecule has 0 unspecified atom stereocenters. The molecule has 0 rings (SSSR count). The molecule has 0 aliphatic carbocycles. The van der Waals surface area contributed by atoms with Crippen LogP contribution < -0.4 is 0 Å². The molecule has 1 N–H and O–H groups in total. The third-order valence-electron chi connectivity index (χ3n) is 2.48. The molecule has 0 radical (unpaired) electrons. The van der Waals surface area contributed by atoms with E-state index in [1.54, 1.807) is 6.20 Å². The summed E-state index contributed by atoms with van der Waals surface area (Å²) in [5.74, 6) is -0.221. The number of rotatable bonds is 7. The summed E-state index contributed by atoms with van der Waals surface area (Å²) in [6.45, 7) is 8.19. The van der Waals surface area contributed by atoms with Gasteiger partial charge in [0.1, 0.15) is 0 Å². The maximum absolute atomic E-state index is 10.3. The van der Waals surface area contributed by atoms with E-state index in [2.05, 4.69) is 13.8 Å². The maximum Gasteiger partial charge on any atom is 0.329 e. The molecule has 0 aliphatic rings. The molecule has 0 aromatic rings. The molecule has 0 spiro atoms. The largest absolute Gasteiger partial charge is 0.478 e. The van der Waals surface area contributed by atoms with Crippen molar-refractivity contribution in [3.05, 3.63) is 12.3 Å². The van der Waals surface area contributed by atoms with E-state index in [0.29, 0.717) is 5.92 Å². The second-order valence-corrected chi connectivity index (χ2v) is 3.42. The summed E-state index contributed by atoms with van der Waals surface area (Å²) in [6.07, 6.45) is 5.16. The highest BCUT2D eigenvalue weighted by Gasteiger charge is 2.06. The van der Waals surface area contributed by atoms with Gasteiger partial charge in [0.25, 0.3) is 0 Å². The van der Waals surface area contributed by atoms with Crippen LogP contribution in [0.5, 0.6) is 0 Å². The quantitative estimate of drug-likeness (QED) is 0.640. The normalized spacial score (nSPS) is 11.1. The number of carboxylic acids is 1. The average molecular weight is 199 g/mol. The molecule has 82 valence electrons. The Kier molecular flexibility index (Phi) is 6.89. The highest BCUT2D eigenvalue weighted by molar-refractivity contribution is 5.79. The summed E-state index contributed by atoms with van der Waals surface area (Å²) in [5, 5.41) is 8.49. The van der Waals surface area contributed by atoms with Crippen molar-refractivity contribution in [3.8, 4) is 0 Å². The van der Waals surface area contributed by atoms with Gasteiger partial charge in [-0.3, -0.25) is 0 Å². The lowest BCUT2D eigenvalue weighted by atomic mass is 10.0. The van der Waals surface area contributed by atoms with Gasteiger partial charge in [-0.15, -0.1) is 0 Å². The molecule has 0 saturated carbocycles. The lowest BCUT2D eigenvalue weighted by molar-refractivity contribution is -0.131. The lowest BCUT2D eigenvalue weighted by Gasteiger charge is -2.23. The standard InChI is InChI=1S/C11H21NO2/c1-4-10(5-2)9-12(6-3)8-7-11(13)14/h7-8,10H,4-6,9H2,1-3H3,(H,13,14). The van der Waals surface area contributed by atoms with Gasteiger partial charge in [-0.1, -0.05) is 26.7 Å². The number of hydrogen-bond acceptors (Lipinski definition) is 2. The fourth-order valence-corrected chi connectivity index (χ4v) is 1.34. The summed E-state index contributed by atoms with van der Waals surface area (Å²) < 4.78 is 0. The van der Waals surface area contributed by atoms with Crippen molar-refractivity contribution < 1.29 is 9.90 Å². The minimum atomic E-state index is -0.881. The number of aliphatic carboxylic acids is 1. The molecule has 0 aromatic heterocycles. The van der Waals surface area contributed by atoms with Crippen molar-refractivity contribution in [2.75, 3.05) is 13.1 Å². The zero-order valence-corrected chi connectivity index (χ0v) is 9.36. The number of hydrogen-bond donors (Lipinski definition) is 1. The fraction of sp³-hybridized carbons (Fsp3) is 0.727. The predicted molar refractivity (Wildman–Crippen MR) is 58.1 cm³/mol. The Balaban J connectivity index is 4.07. The Morgan fingerprint density at radius 1 is 1.36 bits per heavy atom. The Morgan fingerprint density at radius 2 is 1.93 bits per heavy atom. The van der Waals surface area contributed by atoms with Crippen LogP contribution in [-0.4, -0.2) is 29.1 Å². The Bertz CT molecular complexity index is 186. The Morgan fingerprint density at radius 3 is 2.29 bits per heavy atom. The zero-order chi connectivity index (χ0) is 11.0. The first-order valence-corrected chi connectivity index (χ1v) is 5.29. The zero-order valence-electron chi connectivity index (χ0n) is 9.36. The minimum Gasteiger partial charge on any atom is -0.478 e. The van der Waals surface area contributed by atoms with Crippen LogP contribution in [0.3, 0.4) is 0 Å². The monoisotopic (exact) mass is 199 g/mol. The molecule has 0 fully saturated rings. The van der Waals surface area contributed by atoms with E-state index >= 15 is 0 Å². The Labute approximate surface area is 86.4 Å². The van der Waals surface area contributed by atoms with Crippen LogP contribution >= 0.6 is 0 Å². The van der Waals surface area contributed by atoms with Crippen LogP contribution in [0.4, 0.5) is 0 Å². The van der Waals surface area contributed by atoms with Gasteiger partial charge in [0, 0.05) is 25.4 Å². The van der Waals surface area contributed by atoms with E-state index in [4.69, 9.17) is 5.11 Å². The summed E-state index contributed by atoms with van der Waals surface area (Å²) in [7, 11) is 0. The molecule has 0 bridgehead atoms. The predicted octanol–water partition coefficient (Wildman–Crippen LogP) is 2.34. The van der Waals surface area contributed by atoms with Crippen LogP contribution in [-0.2, 0) is 4.79 Å². The summed E-state index contributed by atoms with van der Waals surface area (Å²) in [6, 6.07) is 0. The Hall–Kier alpha value is -0.990. The van der Waals surface area contributed by atoms with E-state index < -0.39 is 5.97 Å². The van der Waals surface area contributed by atoms with E-state index in [1.807, 2.05) is 11.8 Å². The molecule has 14 heavy (non-hydrogen) atoms. The number of carboxylic acid groups (broad SMARTS) is 1. The maximum atomic E-state index is 10.3. The van der Waals surface area contributed by atoms with Crippen molar-refractivity contribution in [1.82, 2.24) is 4.90 Å². The van der Waals surface area contributed by atoms with Crippen LogP contribution in [0, 0.1) is 5.92 Å². The smallest absolute Gasteiger partial charge is 0.329 e. The first-order valence-electron chi connectivity index (χ1n) is 5.29. The average Bonchev–Trinajstić information content (AvgIpc) is 2.18. The van der Waals surface area contributed by atoms with E-state index in [0.717, 1.165) is 25.9 Å². The number of carbonyl (C=O) groups is 1. The van der Waals surface area contributed by atoms with Crippen LogP contribution in [0.25, 0.3) is 0 Å². The van der Waals surface area contributed by atoms with Gasteiger partial charge >= 0.3 is 5.97 Å². The highest BCUT2D eigenvalue weighted by atomic mass is 16.4. The number of nitrogens with zero attached hydrogens (tertiary/aromatic N) is 1. The molecular weight excluding hydrogens is 178 g/mol. The summed E-state index contributed by atoms with van der Waals surface area (Å²) in [4.78, 5) is 12.4. The van der Waals surface area contributed by atoms with Crippen LogP contribution in [0.15, 0.2) is 12.3 Å². The van der Waals surface area contributed by atoms with Gasteiger partial charge in [-0.2, -0.15) is 0 Å². The molecule has 0 heterocycles. The van der Waals surface area contributed by atoms with E-state index in [-0.39, 0.29) is 0 Å². The van der Waals surface area contributed by atoms with Crippen molar-refractivity contribution in [1.29, 1.82) is 0 Å². The molecule has 0 aromatic carbocycles. The van der Waals surface area contributed by atoms with Gasteiger partial charge in [-0.25, -0.2) is 4.79 Å². The van der Waals surface area contributed by atoms with Crippen LogP contribution in [0.2, 0.25) is 0 Å². The highest BCUT2D eigenvalue weighted by Crippen LogP contribution is 2.09. The minimum absolute atomic E-state index is 0.661. The summed E-state index contributed by atoms with van der Waals surface area (Å²) >= 11 is 0. The molecule has 0 saturated heterocycles. The van der Waals surface area contributed by atoms with E-state index in [1.165, 1.54) is 6.08 Å². The molecule has 0 aliphatic heterocycles. The van der Waals surface area contributed by atoms with Crippen molar-refractivity contribution >= 4 is 5.97 Å². The molecule has 3 heteroatoms. The first kappa shape index (κ1) is 13.0. The van der Waals surface area contributed by atoms with Gasteiger partial charge in [0.05, 0.1) is 0 Å². The SMILES string of the molecule is CCC(CC)CN(C=CC(=O)O)CC. The molecular formula is C11H21NO2.